The number of primary amides is 1. The summed E-state index contributed by atoms with van der Waals surface area (Å²) < 4.78 is 15.3. The van der Waals surface area contributed by atoms with Gasteiger partial charge >= 0.3 is 0 Å². The number of halogens is 2. The first-order valence-electron chi connectivity index (χ1n) is 9.41. The number of carbonyl (C=O) groups excluding carboxylic acids is 1. The molecule has 2 N–H and O–H groups in total. The van der Waals surface area contributed by atoms with Crippen molar-refractivity contribution in [1.82, 2.24) is 25.1 Å². The van der Waals surface area contributed by atoms with E-state index in [0.29, 0.717) is 25.9 Å². The van der Waals surface area contributed by atoms with Gasteiger partial charge in [0.05, 0.1) is 11.6 Å². The smallest absolute Gasteiger partial charge is 0.220 e. The van der Waals surface area contributed by atoms with E-state index in [1.54, 1.807) is 12.1 Å². The summed E-state index contributed by atoms with van der Waals surface area (Å²) in [7, 11) is 0. The maximum absolute atomic E-state index is 13.5. The first kappa shape index (κ1) is 22.2. The lowest BCUT2D eigenvalue weighted by Gasteiger charge is -2.37. The number of nitrogens with zero attached hydrogens (tertiary/aromatic N) is 5. The Bertz CT molecular complexity index is 786. The van der Waals surface area contributed by atoms with Gasteiger partial charge in [-0.1, -0.05) is 19.1 Å². The van der Waals surface area contributed by atoms with Gasteiger partial charge in [0.1, 0.15) is 5.82 Å². The SMILES string of the molecule is CCC(C)(C)n1nnnc1C(c1ccc(F)cc1)N1CCC(C(N)=O)CC1.[Cl-]. The number of likely N-dealkylation sites (tertiary alicyclic amines) is 1. The van der Waals surface area contributed by atoms with Crippen LogP contribution in [0.25, 0.3) is 0 Å². The van der Waals surface area contributed by atoms with Crippen LogP contribution >= 0.6 is 0 Å². The van der Waals surface area contributed by atoms with E-state index in [2.05, 4.69) is 41.2 Å². The molecule has 1 aliphatic rings. The average Bonchev–Trinajstić information content (AvgIpc) is 3.14. The van der Waals surface area contributed by atoms with E-state index < -0.39 is 0 Å². The molecule has 1 amide bonds. The lowest BCUT2D eigenvalue weighted by atomic mass is 9.93. The van der Waals surface area contributed by atoms with Crippen LogP contribution in [-0.2, 0) is 10.3 Å². The van der Waals surface area contributed by atoms with Gasteiger partial charge in [0.25, 0.3) is 0 Å². The van der Waals surface area contributed by atoms with E-state index in [-0.39, 0.29) is 41.6 Å². The molecule has 0 radical (unpaired) electrons. The maximum atomic E-state index is 13.5. The van der Waals surface area contributed by atoms with E-state index in [1.165, 1.54) is 12.1 Å². The second-order valence-electron chi connectivity index (χ2n) is 7.78. The normalized spacial score (nSPS) is 17.1. The minimum Gasteiger partial charge on any atom is -1.00 e. The fourth-order valence-electron chi connectivity index (χ4n) is 3.56. The highest BCUT2D eigenvalue weighted by molar-refractivity contribution is 5.76. The number of piperidine rings is 1. The van der Waals surface area contributed by atoms with Crippen LogP contribution < -0.4 is 18.1 Å². The molecule has 154 valence electrons. The molecule has 0 saturated carbocycles. The Balaban J connectivity index is 0.00000280. The van der Waals surface area contributed by atoms with Crippen LogP contribution in [0.5, 0.6) is 0 Å². The Labute approximate surface area is 170 Å². The molecule has 1 aromatic carbocycles. The minimum atomic E-state index is -0.279. The number of aromatic nitrogens is 4. The largest absolute Gasteiger partial charge is 1.00 e. The standard InChI is InChI=1S/C19H27FN6O.ClH/c1-4-19(2,3)26-18(22-23-24-26)16(13-5-7-15(20)8-6-13)25-11-9-14(10-12-25)17(21)27;/h5-8,14,16H,4,9-12H2,1-3H3,(H2,21,27);1H/p-1. The summed E-state index contributed by atoms with van der Waals surface area (Å²) in [4.78, 5) is 13.8. The van der Waals surface area contributed by atoms with Gasteiger partial charge in [-0.25, -0.2) is 9.07 Å². The molecule has 0 spiro atoms. The molecule has 0 bridgehead atoms. The van der Waals surface area contributed by atoms with Crippen LogP contribution in [0.4, 0.5) is 4.39 Å². The van der Waals surface area contributed by atoms with Crippen LogP contribution in [0.15, 0.2) is 24.3 Å². The summed E-state index contributed by atoms with van der Waals surface area (Å²) >= 11 is 0. The molecule has 1 fully saturated rings. The number of hydrogen-bond acceptors (Lipinski definition) is 5. The highest BCUT2D eigenvalue weighted by Gasteiger charge is 2.35. The number of hydrogen-bond donors (Lipinski definition) is 1. The molecule has 2 heterocycles. The van der Waals surface area contributed by atoms with Gasteiger partial charge in [0, 0.05) is 5.92 Å². The molecular formula is C19H27ClFN6O-. The highest BCUT2D eigenvalue weighted by atomic mass is 35.5. The van der Waals surface area contributed by atoms with Crippen molar-refractivity contribution in [3.8, 4) is 0 Å². The van der Waals surface area contributed by atoms with Crippen LogP contribution in [0.3, 0.4) is 0 Å². The minimum absolute atomic E-state index is 0. The van der Waals surface area contributed by atoms with Crippen molar-refractivity contribution in [2.45, 2.75) is 51.6 Å². The third-order valence-corrected chi connectivity index (χ3v) is 5.66. The lowest BCUT2D eigenvalue weighted by molar-refractivity contribution is -0.123. The molecule has 2 aromatic rings. The fraction of sp³-hybridized carbons (Fsp3) is 0.579. The Morgan fingerprint density at radius 1 is 1.29 bits per heavy atom. The number of nitrogens with two attached hydrogens (primary N) is 1. The van der Waals surface area contributed by atoms with Gasteiger partial charge in [-0.2, -0.15) is 0 Å². The molecule has 1 aromatic heterocycles. The molecule has 9 heteroatoms. The van der Waals surface area contributed by atoms with Crippen LogP contribution in [0.1, 0.15) is 57.5 Å². The van der Waals surface area contributed by atoms with Crippen molar-refractivity contribution in [3.63, 3.8) is 0 Å². The first-order valence-corrected chi connectivity index (χ1v) is 9.41. The summed E-state index contributed by atoms with van der Waals surface area (Å²) in [6.45, 7) is 7.68. The zero-order valence-electron chi connectivity index (χ0n) is 16.5. The van der Waals surface area contributed by atoms with Crippen molar-refractivity contribution in [2.24, 2.45) is 11.7 Å². The topological polar surface area (TPSA) is 89.9 Å². The molecule has 3 rings (SSSR count). The van der Waals surface area contributed by atoms with Gasteiger partial charge in [0.15, 0.2) is 5.82 Å². The molecule has 28 heavy (non-hydrogen) atoms. The van der Waals surface area contributed by atoms with Crippen LogP contribution in [-0.4, -0.2) is 44.1 Å². The number of rotatable bonds is 6. The first-order chi connectivity index (χ1) is 12.8. The summed E-state index contributed by atoms with van der Waals surface area (Å²) in [6.07, 6.45) is 2.27. The molecule has 1 aliphatic heterocycles. The van der Waals surface area contributed by atoms with Crippen molar-refractivity contribution in [3.05, 3.63) is 41.5 Å². The summed E-state index contributed by atoms with van der Waals surface area (Å²) in [5, 5.41) is 12.5. The Hall–Kier alpha value is -2.06. The number of carbonyl (C=O) groups is 1. The quantitative estimate of drug-likeness (QED) is 0.678. The predicted octanol–water partition coefficient (Wildman–Crippen LogP) is -0.752. The molecule has 7 nitrogen and oxygen atoms in total. The monoisotopic (exact) mass is 409 g/mol. The van der Waals surface area contributed by atoms with Gasteiger partial charge in [-0.3, -0.25) is 9.69 Å². The zero-order chi connectivity index (χ0) is 19.6. The lowest BCUT2D eigenvalue weighted by Crippen LogP contribution is -3.00. The number of amides is 1. The van der Waals surface area contributed by atoms with Crippen molar-refractivity contribution in [1.29, 1.82) is 0 Å². The van der Waals surface area contributed by atoms with Gasteiger partial charge < -0.3 is 18.1 Å². The number of tetrazole rings is 1. The third-order valence-electron chi connectivity index (χ3n) is 5.66. The van der Waals surface area contributed by atoms with Crippen LogP contribution in [0.2, 0.25) is 0 Å². The average molecular weight is 410 g/mol. The summed E-state index contributed by atoms with van der Waals surface area (Å²) in [5.41, 5.74) is 6.16. The molecule has 0 aliphatic carbocycles. The van der Waals surface area contributed by atoms with Crippen LogP contribution in [0, 0.1) is 11.7 Å². The number of benzene rings is 1. The van der Waals surface area contributed by atoms with E-state index >= 15 is 0 Å². The van der Waals surface area contributed by atoms with E-state index in [4.69, 9.17) is 5.73 Å². The van der Waals surface area contributed by atoms with Crippen molar-refractivity contribution < 1.29 is 21.6 Å². The van der Waals surface area contributed by atoms with E-state index in [1.807, 2.05) is 4.68 Å². The molecule has 1 atom stereocenters. The van der Waals surface area contributed by atoms with Gasteiger partial charge in [-0.15, -0.1) is 5.10 Å². The molecule has 1 unspecified atom stereocenters. The highest BCUT2D eigenvalue weighted by Crippen LogP contribution is 2.33. The Morgan fingerprint density at radius 3 is 2.43 bits per heavy atom. The summed E-state index contributed by atoms with van der Waals surface area (Å²) in [6, 6.07) is 6.26. The zero-order valence-corrected chi connectivity index (χ0v) is 17.2. The predicted molar refractivity (Wildman–Crippen MR) is 99.2 cm³/mol. The second-order valence-corrected chi connectivity index (χ2v) is 7.78. The second kappa shape index (κ2) is 8.96. The molecule has 1 saturated heterocycles. The van der Waals surface area contributed by atoms with E-state index in [9.17, 15) is 9.18 Å². The van der Waals surface area contributed by atoms with Gasteiger partial charge in [0.2, 0.25) is 5.91 Å². The van der Waals surface area contributed by atoms with Gasteiger partial charge in [-0.05, 0) is 74.3 Å². The Morgan fingerprint density at radius 2 is 1.89 bits per heavy atom. The molecular weight excluding hydrogens is 383 g/mol. The third kappa shape index (κ3) is 4.50. The fourth-order valence-corrected chi connectivity index (χ4v) is 3.56. The van der Waals surface area contributed by atoms with E-state index in [0.717, 1.165) is 17.8 Å². The maximum Gasteiger partial charge on any atom is 0.220 e. The summed E-state index contributed by atoms with van der Waals surface area (Å²) in [5.74, 6) is 0.104. The Kier molecular flexibility index (Phi) is 7.11. The van der Waals surface area contributed by atoms with Crippen molar-refractivity contribution in [2.75, 3.05) is 13.1 Å². The van der Waals surface area contributed by atoms with Crippen molar-refractivity contribution >= 4 is 5.91 Å².